The number of aliphatic hydroxyl groups excluding tert-OH is 1. The van der Waals surface area contributed by atoms with E-state index in [2.05, 4.69) is 19.2 Å². The van der Waals surface area contributed by atoms with Gasteiger partial charge in [-0.05, 0) is 91.9 Å². The van der Waals surface area contributed by atoms with Crippen molar-refractivity contribution < 1.29 is 29.2 Å². The molecule has 3 rings (SSSR count). The largest absolute Gasteiger partial charge is 0.508 e. The second kappa shape index (κ2) is 13.0. The van der Waals surface area contributed by atoms with Crippen molar-refractivity contribution in [3.63, 3.8) is 0 Å². The van der Waals surface area contributed by atoms with E-state index in [1.54, 1.807) is 31.2 Å². The molecule has 0 aliphatic heterocycles. The van der Waals surface area contributed by atoms with Gasteiger partial charge < -0.3 is 29.7 Å². The van der Waals surface area contributed by atoms with Crippen LogP contribution in [0.15, 0.2) is 60.7 Å². The number of ether oxygens (including phenoxy) is 3. The first kappa shape index (κ1) is 27.0. The molecule has 0 fully saturated rings. The molecule has 0 saturated heterocycles. The van der Waals surface area contributed by atoms with Crippen LogP contribution in [0.4, 0.5) is 0 Å². The maximum absolute atomic E-state index is 11.5. The first-order chi connectivity index (χ1) is 17.3. The maximum Gasteiger partial charge on any atom is 0.344 e. The lowest BCUT2D eigenvalue weighted by molar-refractivity contribution is -0.145. The van der Waals surface area contributed by atoms with E-state index >= 15 is 0 Å². The number of aliphatic hydroxyl groups is 1. The molecule has 0 aliphatic rings. The number of esters is 1. The summed E-state index contributed by atoms with van der Waals surface area (Å²) in [5, 5.41) is 23.2. The maximum atomic E-state index is 11.5. The Hall–Kier alpha value is -3.55. The van der Waals surface area contributed by atoms with Crippen molar-refractivity contribution in [2.24, 2.45) is 0 Å². The van der Waals surface area contributed by atoms with Crippen molar-refractivity contribution in [2.45, 2.75) is 39.8 Å². The summed E-state index contributed by atoms with van der Waals surface area (Å²) >= 11 is 0. The van der Waals surface area contributed by atoms with Gasteiger partial charge in [-0.1, -0.05) is 24.3 Å². The van der Waals surface area contributed by atoms with E-state index in [1.807, 2.05) is 43.3 Å². The molecule has 3 N–H and O–H groups in total. The molecule has 3 aromatic carbocycles. The Balaban J connectivity index is 1.53. The van der Waals surface area contributed by atoms with E-state index < -0.39 is 6.10 Å². The van der Waals surface area contributed by atoms with Crippen LogP contribution >= 0.6 is 0 Å². The number of phenolic OH excluding ortho intramolecular Hbond substituents is 1. The molecule has 36 heavy (non-hydrogen) atoms. The van der Waals surface area contributed by atoms with Crippen LogP contribution in [0.25, 0.3) is 11.1 Å². The summed E-state index contributed by atoms with van der Waals surface area (Å²) in [6.07, 6.45) is -0.684. The highest BCUT2D eigenvalue weighted by Gasteiger charge is 2.16. The number of hydrogen-bond acceptors (Lipinski definition) is 7. The SMILES string of the molecule is CCOC(=O)COc1ccc(-c2c(C)cc(OCCN[C@@H](C)[C@H](O)c3ccc(O)cc3)cc2C)cc1. The number of rotatable bonds is 12. The predicted octanol–water partition coefficient (Wildman–Crippen LogP) is 4.71. The van der Waals surface area contributed by atoms with Crippen molar-refractivity contribution in [2.75, 3.05) is 26.4 Å². The van der Waals surface area contributed by atoms with E-state index in [0.717, 1.165) is 33.6 Å². The van der Waals surface area contributed by atoms with Crippen LogP contribution in [-0.4, -0.2) is 48.6 Å². The standard InChI is InChI=1S/C29H35NO6/c1-5-34-27(32)18-36-25-12-8-22(9-13-25)28-19(2)16-26(17-20(28)3)35-15-14-30-21(4)29(33)23-6-10-24(31)11-7-23/h6-13,16-17,21,29-31,33H,5,14-15,18H2,1-4H3/t21-,29-/m0/s1. The minimum absolute atomic E-state index is 0.110. The first-order valence-electron chi connectivity index (χ1n) is 12.1. The van der Waals surface area contributed by atoms with E-state index in [9.17, 15) is 15.0 Å². The third kappa shape index (κ3) is 7.47. The van der Waals surface area contributed by atoms with Gasteiger partial charge in [0.25, 0.3) is 0 Å². The monoisotopic (exact) mass is 493 g/mol. The number of aryl methyl sites for hydroxylation is 2. The average Bonchev–Trinajstić information content (AvgIpc) is 2.86. The number of carbonyl (C=O) groups is 1. The van der Waals surface area contributed by atoms with E-state index in [0.29, 0.717) is 25.5 Å². The number of hydrogen-bond donors (Lipinski definition) is 3. The van der Waals surface area contributed by atoms with Gasteiger partial charge in [-0.2, -0.15) is 0 Å². The Bertz CT molecular complexity index is 1100. The van der Waals surface area contributed by atoms with Gasteiger partial charge >= 0.3 is 5.97 Å². The van der Waals surface area contributed by atoms with Crippen LogP contribution in [0.1, 0.15) is 36.6 Å². The van der Waals surface area contributed by atoms with Gasteiger partial charge in [-0.15, -0.1) is 0 Å². The van der Waals surface area contributed by atoms with E-state index in [-0.39, 0.29) is 24.4 Å². The molecule has 0 spiro atoms. The van der Waals surface area contributed by atoms with Gasteiger partial charge in [-0.3, -0.25) is 0 Å². The topological polar surface area (TPSA) is 97.3 Å². The average molecular weight is 494 g/mol. The van der Waals surface area contributed by atoms with E-state index in [4.69, 9.17) is 14.2 Å². The highest BCUT2D eigenvalue weighted by atomic mass is 16.6. The number of nitrogens with one attached hydrogen (secondary N) is 1. The van der Waals surface area contributed by atoms with Gasteiger partial charge in [-0.25, -0.2) is 4.79 Å². The third-order valence-electron chi connectivity index (χ3n) is 5.86. The minimum Gasteiger partial charge on any atom is -0.508 e. The fraction of sp³-hybridized carbons (Fsp3) is 0.345. The summed E-state index contributed by atoms with van der Waals surface area (Å²) in [6, 6.07) is 18.1. The molecule has 0 saturated carbocycles. The Kier molecular flexibility index (Phi) is 9.73. The zero-order valence-electron chi connectivity index (χ0n) is 21.3. The molecule has 0 amide bonds. The summed E-state index contributed by atoms with van der Waals surface area (Å²) < 4.78 is 16.3. The number of benzene rings is 3. The van der Waals surface area contributed by atoms with Crippen molar-refractivity contribution in [1.29, 1.82) is 0 Å². The highest BCUT2D eigenvalue weighted by molar-refractivity contribution is 5.73. The van der Waals surface area contributed by atoms with Crippen molar-refractivity contribution in [1.82, 2.24) is 5.32 Å². The molecule has 0 unspecified atom stereocenters. The molecular formula is C29H35NO6. The van der Waals surface area contributed by atoms with Crippen LogP contribution in [0.2, 0.25) is 0 Å². The van der Waals surface area contributed by atoms with Gasteiger partial charge in [0.1, 0.15) is 23.9 Å². The van der Waals surface area contributed by atoms with Crippen molar-refractivity contribution in [3.05, 3.63) is 77.4 Å². The summed E-state index contributed by atoms with van der Waals surface area (Å²) in [5.41, 5.74) is 5.11. The summed E-state index contributed by atoms with van der Waals surface area (Å²) in [6.45, 7) is 9.02. The Morgan fingerprint density at radius 1 is 0.944 bits per heavy atom. The van der Waals surface area contributed by atoms with Gasteiger partial charge in [0.15, 0.2) is 6.61 Å². The molecule has 2 atom stereocenters. The Morgan fingerprint density at radius 2 is 1.58 bits per heavy atom. The summed E-state index contributed by atoms with van der Waals surface area (Å²) in [7, 11) is 0. The molecule has 0 bridgehead atoms. The molecule has 3 aromatic rings. The number of phenols is 1. The zero-order chi connectivity index (χ0) is 26.1. The van der Waals surface area contributed by atoms with Crippen molar-refractivity contribution in [3.8, 4) is 28.4 Å². The van der Waals surface area contributed by atoms with Crippen LogP contribution < -0.4 is 14.8 Å². The number of carbonyl (C=O) groups excluding carboxylic acids is 1. The van der Waals surface area contributed by atoms with Crippen LogP contribution in [0.3, 0.4) is 0 Å². The van der Waals surface area contributed by atoms with Crippen LogP contribution in [0, 0.1) is 13.8 Å². The fourth-order valence-corrected chi connectivity index (χ4v) is 4.05. The molecule has 0 radical (unpaired) electrons. The molecular weight excluding hydrogens is 458 g/mol. The van der Waals surface area contributed by atoms with Crippen LogP contribution in [0.5, 0.6) is 17.2 Å². The Labute approximate surface area is 212 Å². The molecule has 0 aliphatic carbocycles. The van der Waals surface area contributed by atoms with E-state index in [1.165, 1.54) is 0 Å². The fourth-order valence-electron chi connectivity index (χ4n) is 4.05. The van der Waals surface area contributed by atoms with Crippen molar-refractivity contribution >= 4 is 5.97 Å². The smallest absolute Gasteiger partial charge is 0.344 e. The lowest BCUT2D eigenvalue weighted by atomic mass is 9.95. The van der Waals surface area contributed by atoms with Gasteiger partial charge in [0.05, 0.1) is 12.7 Å². The predicted molar refractivity (Wildman–Crippen MR) is 140 cm³/mol. The van der Waals surface area contributed by atoms with Gasteiger partial charge in [0, 0.05) is 12.6 Å². The highest BCUT2D eigenvalue weighted by Crippen LogP contribution is 2.32. The summed E-state index contributed by atoms with van der Waals surface area (Å²) in [4.78, 5) is 11.5. The number of aromatic hydroxyl groups is 1. The second-order valence-electron chi connectivity index (χ2n) is 8.68. The molecule has 192 valence electrons. The minimum atomic E-state index is -0.684. The lowest BCUT2D eigenvalue weighted by Crippen LogP contribution is -2.35. The second-order valence-corrected chi connectivity index (χ2v) is 8.68. The molecule has 7 nitrogen and oxygen atoms in total. The quantitative estimate of drug-likeness (QED) is 0.248. The first-order valence-corrected chi connectivity index (χ1v) is 12.1. The normalized spacial score (nSPS) is 12.6. The lowest BCUT2D eigenvalue weighted by Gasteiger charge is -2.21. The zero-order valence-corrected chi connectivity index (χ0v) is 21.3. The van der Waals surface area contributed by atoms with Crippen LogP contribution in [-0.2, 0) is 9.53 Å². The molecule has 7 heteroatoms. The Morgan fingerprint density at radius 3 is 2.19 bits per heavy atom. The van der Waals surface area contributed by atoms with Gasteiger partial charge in [0.2, 0.25) is 0 Å². The third-order valence-corrected chi connectivity index (χ3v) is 5.86. The molecule has 0 aromatic heterocycles. The molecule has 0 heterocycles. The summed E-state index contributed by atoms with van der Waals surface area (Å²) in [5.74, 6) is 1.19.